The highest BCUT2D eigenvalue weighted by molar-refractivity contribution is 6.37. The van der Waals surface area contributed by atoms with Gasteiger partial charge in [0.1, 0.15) is 11.4 Å². The number of nitrogens with zero attached hydrogens (tertiary/aromatic N) is 2. The molecule has 1 N–H and O–H groups in total. The molecule has 1 aromatic rings. The van der Waals surface area contributed by atoms with Crippen molar-refractivity contribution in [2.45, 2.75) is 13.8 Å². The molecule has 76 valence electrons. The summed E-state index contributed by atoms with van der Waals surface area (Å²) in [5.74, 6) is -2.11. The lowest BCUT2D eigenvalue weighted by molar-refractivity contribution is -0.148. The molecule has 1 heterocycles. The van der Waals surface area contributed by atoms with Crippen LogP contribution in [0.1, 0.15) is 11.5 Å². The fraction of sp³-hybridized carbons (Fsp3) is 0.375. The largest absolute Gasteiger partial charge is 0.474 e. The molecule has 6 nitrogen and oxygen atoms in total. The van der Waals surface area contributed by atoms with Crippen molar-refractivity contribution in [1.29, 1.82) is 0 Å². The molecule has 0 atom stereocenters. The molecule has 6 heteroatoms. The molecule has 0 spiro atoms. The summed E-state index contributed by atoms with van der Waals surface area (Å²) in [6, 6.07) is 0. The number of carboxylic acid groups (broad SMARTS) is 1. The molecule has 0 radical (unpaired) electrons. The molecule has 0 aliphatic carbocycles. The Balaban J connectivity index is 3.06. The molecule has 14 heavy (non-hydrogen) atoms. The Morgan fingerprint density at radius 3 is 2.36 bits per heavy atom. The maximum atomic E-state index is 11.1. The SMILES string of the molecule is Cc1noc(C)c1N(C)C(=O)C(=O)O. The quantitative estimate of drug-likeness (QED) is 0.658. The Hall–Kier alpha value is -1.85. The van der Waals surface area contributed by atoms with Crippen molar-refractivity contribution >= 4 is 17.6 Å². The van der Waals surface area contributed by atoms with Crippen LogP contribution in [0.5, 0.6) is 0 Å². The summed E-state index contributed by atoms with van der Waals surface area (Å²) in [6.45, 7) is 3.25. The van der Waals surface area contributed by atoms with E-state index in [0.717, 1.165) is 4.90 Å². The van der Waals surface area contributed by atoms with Crippen LogP contribution in [0.4, 0.5) is 5.69 Å². The second-order valence-corrected chi connectivity index (χ2v) is 2.84. The van der Waals surface area contributed by atoms with Gasteiger partial charge in [0, 0.05) is 7.05 Å². The number of hydrogen-bond donors (Lipinski definition) is 1. The van der Waals surface area contributed by atoms with E-state index in [1.165, 1.54) is 7.05 Å². The highest BCUT2D eigenvalue weighted by Crippen LogP contribution is 2.22. The van der Waals surface area contributed by atoms with Crippen molar-refractivity contribution in [3.8, 4) is 0 Å². The number of hydrogen-bond acceptors (Lipinski definition) is 4. The number of amides is 1. The van der Waals surface area contributed by atoms with Crippen molar-refractivity contribution in [1.82, 2.24) is 5.16 Å². The van der Waals surface area contributed by atoms with Gasteiger partial charge < -0.3 is 14.5 Å². The lowest BCUT2D eigenvalue weighted by Gasteiger charge is -2.13. The van der Waals surface area contributed by atoms with Gasteiger partial charge in [0.2, 0.25) is 0 Å². The van der Waals surface area contributed by atoms with Crippen molar-refractivity contribution in [2.24, 2.45) is 0 Å². The monoisotopic (exact) mass is 198 g/mol. The number of anilines is 1. The summed E-state index contributed by atoms with van der Waals surface area (Å²) in [7, 11) is 1.36. The fourth-order valence-electron chi connectivity index (χ4n) is 1.20. The van der Waals surface area contributed by atoms with E-state index in [9.17, 15) is 9.59 Å². The van der Waals surface area contributed by atoms with Gasteiger partial charge in [-0.15, -0.1) is 0 Å². The van der Waals surface area contributed by atoms with Crippen molar-refractivity contribution < 1.29 is 19.2 Å². The van der Waals surface area contributed by atoms with E-state index in [0.29, 0.717) is 17.1 Å². The molecule has 0 saturated carbocycles. The molecule has 0 aromatic carbocycles. The molecule has 1 aromatic heterocycles. The van der Waals surface area contributed by atoms with E-state index in [-0.39, 0.29) is 0 Å². The molecule has 0 fully saturated rings. The summed E-state index contributed by atoms with van der Waals surface area (Å²) in [6.07, 6.45) is 0. The minimum atomic E-state index is -1.51. The summed E-state index contributed by atoms with van der Waals surface area (Å²) >= 11 is 0. The van der Waals surface area contributed by atoms with E-state index < -0.39 is 11.9 Å². The first-order valence-corrected chi connectivity index (χ1v) is 3.89. The number of carboxylic acids is 1. The van der Waals surface area contributed by atoms with E-state index in [1.54, 1.807) is 13.8 Å². The zero-order valence-corrected chi connectivity index (χ0v) is 8.07. The second-order valence-electron chi connectivity index (χ2n) is 2.84. The lowest BCUT2D eigenvalue weighted by atomic mass is 10.3. The van der Waals surface area contributed by atoms with E-state index >= 15 is 0 Å². The minimum absolute atomic E-state index is 0.400. The predicted octanol–water partition coefficient (Wildman–Crippen LogP) is 0.339. The number of carbonyl (C=O) groups is 2. The van der Waals surface area contributed by atoms with Gasteiger partial charge in [-0.3, -0.25) is 4.79 Å². The molecular weight excluding hydrogens is 188 g/mol. The Morgan fingerprint density at radius 1 is 1.43 bits per heavy atom. The Morgan fingerprint density at radius 2 is 2.00 bits per heavy atom. The zero-order valence-electron chi connectivity index (χ0n) is 8.07. The van der Waals surface area contributed by atoms with Crippen LogP contribution < -0.4 is 4.90 Å². The predicted molar refractivity (Wildman–Crippen MR) is 47.0 cm³/mol. The first kappa shape index (κ1) is 10.2. The molecule has 0 bridgehead atoms. The Labute approximate surface area is 80.1 Å². The van der Waals surface area contributed by atoms with Crippen LogP contribution in [0, 0.1) is 13.8 Å². The number of aliphatic carboxylic acids is 1. The minimum Gasteiger partial charge on any atom is -0.474 e. The van der Waals surface area contributed by atoms with Gasteiger partial charge in [0.25, 0.3) is 0 Å². The summed E-state index contributed by atoms with van der Waals surface area (Å²) in [5, 5.41) is 12.1. The Bertz CT molecular complexity index is 363. The van der Waals surface area contributed by atoms with Crippen molar-refractivity contribution in [2.75, 3.05) is 11.9 Å². The van der Waals surface area contributed by atoms with Crippen LogP contribution in [-0.4, -0.2) is 29.2 Å². The number of carbonyl (C=O) groups excluding carboxylic acids is 1. The van der Waals surface area contributed by atoms with Gasteiger partial charge in [0.05, 0.1) is 0 Å². The van der Waals surface area contributed by atoms with Crippen molar-refractivity contribution in [3.63, 3.8) is 0 Å². The summed E-state index contributed by atoms with van der Waals surface area (Å²) in [5.41, 5.74) is 0.886. The maximum Gasteiger partial charge on any atom is 0.394 e. The van der Waals surface area contributed by atoms with Crippen molar-refractivity contribution in [3.05, 3.63) is 11.5 Å². The van der Waals surface area contributed by atoms with Crippen LogP contribution in [0.25, 0.3) is 0 Å². The van der Waals surface area contributed by atoms with Gasteiger partial charge in [-0.2, -0.15) is 0 Å². The highest BCUT2D eigenvalue weighted by atomic mass is 16.5. The highest BCUT2D eigenvalue weighted by Gasteiger charge is 2.23. The van der Waals surface area contributed by atoms with Crippen LogP contribution in [0.2, 0.25) is 0 Å². The number of aromatic nitrogens is 1. The average Bonchev–Trinajstić information content (AvgIpc) is 2.44. The molecule has 1 rings (SSSR count). The third-order valence-electron chi connectivity index (χ3n) is 1.82. The van der Waals surface area contributed by atoms with Crippen LogP contribution in [0.15, 0.2) is 4.52 Å². The Kier molecular flexibility index (Phi) is 2.55. The normalized spacial score (nSPS) is 9.93. The number of rotatable bonds is 1. The molecule has 0 unspecified atom stereocenters. The van der Waals surface area contributed by atoms with Gasteiger partial charge in [-0.05, 0) is 13.8 Å². The van der Waals surface area contributed by atoms with Gasteiger partial charge in [-0.25, -0.2) is 4.79 Å². The second kappa shape index (κ2) is 3.49. The standard InChI is InChI=1S/C8H10N2O4/c1-4-6(5(2)14-9-4)10(3)7(11)8(12)13/h1-3H3,(H,12,13). The average molecular weight is 198 g/mol. The zero-order chi connectivity index (χ0) is 10.9. The third kappa shape index (κ3) is 1.59. The van der Waals surface area contributed by atoms with Crippen LogP contribution in [0.3, 0.4) is 0 Å². The van der Waals surface area contributed by atoms with Gasteiger partial charge in [0.15, 0.2) is 5.76 Å². The summed E-state index contributed by atoms with van der Waals surface area (Å²) in [4.78, 5) is 22.5. The smallest absolute Gasteiger partial charge is 0.394 e. The molecule has 0 aliphatic heterocycles. The lowest BCUT2D eigenvalue weighted by Crippen LogP contribution is -2.33. The molecule has 1 amide bonds. The van der Waals surface area contributed by atoms with E-state index in [1.807, 2.05) is 0 Å². The number of aryl methyl sites for hydroxylation is 2. The van der Waals surface area contributed by atoms with E-state index in [4.69, 9.17) is 9.63 Å². The van der Waals surface area contributed by atoms with E-state index in [2.05, 4.69) is 5.16 Å². The fourth-order valence-corrected chi connectivity index (χ4v) is 1.20. The van der Waals surface area contributed by atoms with Crippen LogP contribution in [-0.2, 0) is 9.59 Å². The summed E-state index contributed by atoms with van der Waals surface area (Å²) < 4.78 is 4.81. The first-order chi connectivity index (χ1) is 6.45. The maximum absolute atomic E-state index is 11.1. The molecule has 0 aliphatic rings. The topological polar surface area (TPSA) is 83.6 Å². The van der Waals surface area contributed by atoms with Gasteiger partial charge >= 0.3 is 11.9 Å². The number of likely N-dealkylation sites (N-methyl/N-ethyl adjacent to an activating group) is 1. The molecular formula is C8H10N2O4. The van der Waals surface area contributed by atoms with Gasteiger partial charge in [-0.1, -0.05) is 5.16 Å². The first-order valence-electron chi connectivity index (χ1n) is 3.89. The van der Waals surface area contributed by atoms with Crippen LogP contribution >= 0.6 is 0 Å². The molecule has 0 saturated heterocycles. The third-order valence-corrected chi connectivity index (χ3v) is 1.82.